The van der Waals surface area contributed by atoms with Crippen molar-refractivity contribution in [1.29, 1.82) is 5.26 Å². The molecule has 0 aliphatic heterocycles. The third-order valence-corrected chi connectivity index (χ3v) is 2.99. The van der Waals surface area contributed by atoms with Gasteiger partial charge in [0.15, 0.2) is 0 Å². The van der Waals surface area contributed by atoms with E-state index in [9.17, 15) is 14.9 Å². The van der Waals surface area contributed by atoms with Crippen molar-refractivity contribution < 1.29 is 19.1 Å². The highest BCUT2D eigenvalue weighted by Crippen LogP contribution is 2.27. The lowest BCUT2D eigenvalue weighted by atomic mass is 10.0. The van der Waals surface area contributed by atoms with Crippen molar-refractivity contribution >= 4 is 17.7 Å². The van der Waals surface area contributed by atoms with E-state index < -0.39 is 17.7 Å². The number of hydrogen-bond donors (Lipinski definition) is 0. The molecule has 23 heavy (non-hydrogen) atoms. The van der Waals surface area contributed by atoms with Gasteiger partial charge in [-0.3, -0.25) is 9.69 Å². The van der Waals surface area contributed by atoms with Crippen LogP contribution < -0.4 is 4.90 Å². The molecule has 0 aromatic heterocycles. The molecular formula is C17H22N2O4. The van der Waals surface area contributed by atoms with E-state index in [-0.39, 0.29) is 6.54 Å². The predicted octanol–water partition coefficient (Wildman–Crippen LogP) is 3.09. The van der Waals surface area contributed by atoms with Crippen molar-refractivity contribution in [1.82, 2.24) is 0 Å². The van der Waals surface area contributed by atoms with Gasteiger partial charge in [0.25, 0.3) is 0 Å². The minimum Gasteiger partial charge on any atom is -0.468 e. The lowest BCUT2D eigenvalue weighted by molar-refractivity contribution is -0.139. The molecule has 0 fully saturated rings. The summed E-state index contributed by atoms with van der Waals surface area (Å²) in [6.07, 6.45) is -0.704. The van der Waals surface area contributed by atoms with Crippen molar-refractivity contribution in [3.05, 3.63) is 28.8 Å². The summed E-state index contributed by atoms with van der Waals surface area (Å²) in [4.78, 5) is 25.3. The average Bonchev–Trinajstić information content (AvgIpc) is 2.41. The summed E-state index contributed by atoms with van der Waals surface area (Å²) in [6.45, 7) is 8.49. The van der Waals surface area contributed by atoms with Crippen LogP contribution in [0, 0.1) is 25.2 Å². The second kappa shape index (κ2) is 7.14. The Bertz CT molecular complexity index is 654. The maximum atomic E-state index is 12.5. The Labute approximate surface area is 136 Å². The Kier molecular flexibility index (Phi) is 5.74. The first-order valence-electron chi connectivity index (χ1n) is 7.17. The van der Waals surface area contributed by atoms with Crippen LogP contribution in [0.4, 0.5) is 10.5 Å². The minimum absolute atomic E-state index is 0.324. The van der Waals surface area contributed by atoms with Gasteiger partial charge in [0, 0.05) is 0 Å². The van der Waals surface area contributed by atoms with Gasteiger partial charge in [0.05, 0.1) is 18.4 Å². The lowest BCUT2D eigenvalue weighted by Gasteiger charge is -2.27. The van der Waals surface area contributed by atoms with Gasteiger partial charge < -0.3 is 9.47 Å². The number of amides is 1. The van der Waals surface area contributed by atoms with Crippen molar-refractivity contribution in [2.75, 3.05) is 18.6 Å². The molecule has 0 aliphatic rings. The quantitative estimate of drug-likeness (QED) is 0.800. The molecule has 0 saturated heterocycles. The highest BCUT2D eigenvalue weighted by molar-refractivity contribution is 5.95. The zero-order valence-corrected chi connectivity index (χ0v) is 14.4. The van der Waals surface area contributed by atoms with E-state index in [0.29, 0.717) is 11.3 Å². The van der Waals surface area contributed by atoms with E-state index in [1.54, 1.807) is 33.8 Å². The fraction of sp³-hybridized carbons (Fsp3) is 0.471. The fourth-order valence-electron chi connectivity index (χ4n) is 2.06. The maximum absolute atomic E-state index is 12.5. The SMILES string of the molecule is COC(=O)CN(C(=O)OC(C)(C)C)c1cc(C)cc(C)c1C#N. The van der Waals surface area contributed by atoms with Crippen LogP contribution in [0.1, 0.15) is 37.5 Å². The molecular weight excluding hydrogens is 296 g/mol. The number of esters is 1. The number of rotatable bonds is 3. The molecule has 6 nitrogen and oxygen atoms in total. The number of nitriles is 1. The number of anilines is 1. The molecule has 0 aliphatic carbocycles. The third-order valence-electron chi connectivity index (χ3n) is 2.99. The van der Waals surface area contributed by atoms with Crippen molar-refractivity contribution in [3.63, 3.8) is 0 Å². The summed E-state index contributed by atoms with van der Waals surface area (Å²) in [5.41, 5.74) is 1.53. The Balaban J connectivity index is 3.38. The van der Waals surface area contributed by atoms with E-state index in [0.717, 1.165) is 16.0 Å². The number of nitrogens with zero attached hydrogens (tertiary/aromatic N) is 2. The fourth-order valence-corrected chi connectivity index (χ4v) is 2.06. The topological polar surface area (TPSA) is 79.6 Å². The highest BCUT2D eigenvalue weighted by atomic mass is 16.6. The number of methoxy groups -OCH3 is 1. The first-order valence-corrected chi connectivity index (χ1v) is 7.17. The molecule has 0 atom stereocenters. The molecule has 0 radical (unpaired) electrons. The zero-order chi connectivity index (χ0) is 17.8. The van der Waals surface area contributed by atoms with Crippen LogP contribution in [0.5, 0.6) is 0 Å². The molecule has 0 heterocycles. The first-order chi connectivity index (χ1) is 10.6. The van der Waals surface area contributed by atoms with Gasteiger partial charge >= 0.3 is 12.1 Å². The van der Waals surface area contributed by atoms with Crippen molar-refractivity contribution in [2.45, 2.75) is 40.2 Å². The third kappa shape index (κ3) is 4.99. The number of benzene rings is 1. The van der Waals surface area contributed by atoms with Crippen LogP contribution in [-0.2, 0) is 14.3 Å². The number of carbonyl (C=O) groups is 2. The van der Waals surface area contributed by atoms with Crippen molar-refractivity contribution in [2.24, 2.45) is 0 Å². The summed E-state index contributed by atoms with van der Waals surface area (Å²) in [5.74, 6) is -0.598. The summed E-state index contributed by atoms with van der Waals surface area (Å²) in [7, 11) is 1.24. The molecule has 1 amide bonds. The normalized spacial score (nSPS) is 10.7. The average molecular weight is 318 g/mol. The van der Waals surface area contributed by atoms with E-state index in [4.69, 9.17) is 4.74 Å². The Morgan fingerprint density at radius 3 is 2.35 bits per heavy atom. The van der Waals surface area contributed by atoms with E-state index in [1.165, 1.54) is 7.11 Å². The van der Waals surface area contributed by atoms with Crippen LogP contribution in [0.25, 0.3) is 0 Å². The number of carbonyl (C=O) groups excluding carboxylic acids is 2. The summed E-state index contributed by atoms with van der Waals surface area (Å²) in [6, 6.07) is 5.60. The van der Waals surface area contributed by atoms with Crippen LogP contribution in [0.2, 0.25) is 0 Å². The largest absolute Gasteiger partial charge is 0.468 e. The molecule has 0 bridgehead atoms. The van der Waals surface area contributed by atoms with E-state index in [2.05, 4.69) is 10.8 Å². The van der Waals surface area contributed by atoms with Gasteiger partial charge in [-0.05, 0) is 51.8 Å². The minimum atomic E-state index is -0.725. The number of aryl methyl sites for hydroxylation is 2. The molecule has 1 aromatic rings. The smallest absolute Gasteiger partial charge is 0.415 e. The van der Waals surface area contributed by atoms with Gasteiger partial charge in [0.1, 0.15) is 18.2 Å². The second-order valence-corrected chi connectivity index (χ2v) is 6.23. The summed E-state index contributed by atoms with van der Waals surface area (Å²) < 4.78 is 9.99. The molecule has 0 spiro atoms. The van der Waals surface area contributed by atoms with Gasteiger partial charge in [-0.15, -0.1) is 0 Å². The maximum Gasteiger partial charge on any atom is 0.415 e. The van der Waals surface area contributed by atoms with Gasteiger partial charge in [-0.1, -0.05) is 6.07 Å². The van der Waals surface area contributed by atoms with Crippen molar-refractivity contribution in [3.8, 4) is 6.07 Å². The zero-order valence-electron chi connectivity index (χ0n) is 14.4. The Morgan fingerprint density at radius 1 is 1.26 bits per heavy atom. The highest BCUT2D eigenvalue weighted by Gasteiger charge is 2.28. The van der Waals surface area contributed by atoms with Gasteiger partial charge in [-0.25, -0.2) is 4.79 Å². The predicted molar refractivity (Wildman–Crippen MR) is 86.2 cm³/mol. The van der Waals surface area contributed by atoms with Gasteiger partial charge in [-0.2, -0.15) is 5.26 Å². The monoisotopic (exact) mass is 318 g/mol. The molecule has 1 rings (SSSR count). The van der Waals surface area contributed by atoms with Crippen LogP contribution in [0.3, 0.4) is 0 Å². The molecule has 1 aromatic carbocycles. The molecule has 0 N–H and O–H groups in total. The molecule has 0 saturated carbocycles. The number of hydrogen-bond acceptors (Lipinski definition) is 5. The first kappa shape index (κ1) is 18.5. The molecule has 0 unspecified atom stereocenters. The Morgan fingerprint density at radius 2 is 1.87 bits per heavy atom. The van der Waals surface area contributed by atoms with Crippen LogP contribution in [-0.4, -0.2) is 31.3 Å². The standard InChI is InChI=1S/C17H22N2O4/c1-11-7-12(2)13(9-18)14(8-11)19(10-15(20)22-6)16(21)23-17(3,4)5/h7-8H,10H2,1-6H3. The lowest BCUT2D eigenvalue weighted by Crippen LogP contribution is -2.40. The number of ether oxygens (including phenoxy) is 2. The van der Waals surface area contributed by atoms with Crippen LogP contribution in [0.15, 0.2) is 12.1 Å². The van der Waals surface area contributed by atoms with Gasteiger partial charge in [0.2, 0.25) is 0 Å². The molecule has 124 valence electrons. The summed E-state index contributed by atoms with van der Waals surface area (Å²) in [5, 5.41) is 9.40. The second-order valence-electron chi connectivity index (χ2n) is 6.23. The van der Waals surface area contributed by atoms with E-state index >= 15 is 0 Å². The summed E-state index contributed by atoms with van der Waals surface area (Å²) >= 11 is 0. The van der Waals surface area contributed by atoms with E-state index in [1.807, 2.05) is 13.0 Å². The molecule has 6 heteroatoms. The Hall–Kier alpha value is -2.55. The van der Waals surface area contributed by atoms with Crippen LogP contribution >= 0.6 is 0 Å².